The molecule has 3 N–H and O–H groups in total. The van der Waals surface area contributed by atoms with Gasteiger partial charge in [0.05, 0.1) is 6.10 Å². The van der Waals surface area contributed by atoms with Crippen LogP contribution in [0.2, 0.25) is 0 Å². The monoisotopic (exact) mass is 264 g/mol. The predicted molar refractivity (Wildman–Crippen MR) is 73.7 cm³/mol. The number of nitrogens with one attached hydrogen (secondary N) is 2. The van der Waals surface area contributed by atoms with E-state index in [2.05, 4.69) is 10.6 Å². The van der Waals surface area contributed by atoms with Crippen molar-refractivity contribution in [2.45, 2.75) is 32.8 Å². The molecule has 0 saturated carbocycles. The number of hydrogen-bond acceptors (Lipinski definition) is 3. The van der Waals surface area contributed by atoms with Crippen molar-refractivity contribution < 1.29 is 14.7 Å². The van der Waals surface area contributed by atoms with E-state index in [1.165, 1.54) is 0 Å². The topological polar surface area (TPSA) is 78.4 Å². The van der Waals surface area contributed by atoms with Crippen LogP contribution in [0, 0.1) is 6.92 Å². The molecule has 0 radical (unpaired) electrons. The molecule has 0 bridgehead atoms. The van der Waals surface area contributed by atoms with Crippen molar-refractivity contribution >= 4 is 17.5 Å². The summed E-state index contributed by atoms with van der Waals surface area (Å²) in [7, 11) is 0. The molecule has 5 nitrogen and oxygen atoms in total. The number of rotatable bonds is 5. The Balaban J connectivity index is 2.40. The third-order valence-corrected chi connectivity index (χ3v) is 2.64. The van der Waals surface area contributed by atoms with E-state index in [1.54, 1.807) is 12.1 Å². The first-order valence-corrected chi connectivity index (χ1v) is 6.36. The van der Waals surface area contributed by atoms with Gasteiger partial charge in [-0.1, -0.05) is 31.0 Å². The number of hydrogen-bond donors (Lipinski definition) is 3. The van der Waals surface area contributed by atoms with Gasteiger partial charge < -0.3 is 15.7 Å². The molecule has 104 valence electrons. The summed E-state index contributed by atoms with van der Waals surface area (Å²) in [6.45, 7) is 3.97. The molecule has 5 heteroatoms. The molecule has 1 unspecified atom stereocenters. The van der Waals surface area contributed by atoms with Gasteiger partial charge in [0.1, 0.15) is 0 Å². The van der Waals surface area contributed by atoms with Crippen LogP contribution in [0.4, 0.5) is 5.69 Å². The van der Waals surface area contributed by atoms with Crippen molar-refractivity contribution in [2.75, 3.05) is 11.9 Å². The van der Waals surface area contributed by atoms with E-state index in [4.69, 9.17) is 0 Å². The van der Waals surface area contributed by atoms with Crippen molar-refractivity contribution in [3.8, 4) is 0 Å². The lowest BCUT2D eigenvalue weighted by Gasteiger charge is -2.10. The summed E-state index contributed by atoms with van der Waals surface area (Å²) in [6.07, 6.45) is 0.813. The van der Waals surface area contributed by atoms with Crippen LogP contribution in [0.15, 0.2) is 24.3 Å². The first-order chi connectivity index (χ1) is 9.02. The third-order valence-electron chi connectivity index (χ3n) is 2.64. The lowest BCUT2D eigenvalue weighted by molar-refractivity contribution is -0.136. The zero-order chi connectivity index (χ0) is 14.3. The lowest BCUT2D eigenvalue weighted by Crippen LogP contribution is -2.39. The van der Waals surface area contributed by atoms with Crippen LogP contribution in [0.3, 0.4) is 0 Å². The van der Waals surface area contributed by atoms with Crippen molar-refractivity contribution in [1.29, 1.82) is 0 Å². The second-order valence-corrected chi connectivity index (χ2v) is 4.47. The molecule has 1 rings (SSSR count). The quantitative estimate of drug-likeness (QED) is 0.699. The molecule has 19 heavy (non-hydrogen) atoms. The number of carbonyl (C=O) groups is 2. The van der Waals surface area contributed by atoms with E-state index < -0.39 is 17.9 Å². The molecular formula is C14H20N2O3. The summed E-state index contributed by atoms with van der Waals surface area (Å²) in [5.74, 6) is -1.47. The number of anilines is 1. The smallest absolute Gasteiger partial charge is 0.313 e. The van der Waals surface area contributed by atoms with E-state index in [9.17, 15) is 14.7 Å². The Morgan fingerprint density at radius 2 is 1.84 bits per heavy atom. The Labute approximate surface area is 113 Å². The minimum atomic E-state index is -0.740. The number of aryl methyl sites for hydroxylation is 1. The Morgan fingerprint density at radius 3 is 2.42 bits per heavy atom. The number of carbonyl (C=O) groups excluding carboxylic acids is 2. The molecule has 1 atom stereocenters. The highest BCUT2D eigenvalue weighted by molar-refractivity contribution is 6.39. The van der Waals surface area contributed by atoms with Crippen LogP contribution in [0.1, 0.15) is 25.3 Å². The Bertz CT molecular complexity index is 429. The summed E-state index contributed by atoms with van der Waals surface area (Å²) < 4.78 is 0. The zero-order valence-corrected chi connectivity index (χ0v) is 11.3. The molecule has 0 fully saturated rings. The summed E-state index contributed by atoms with van der Waals surface area (Å²) >= 11 is 0. The van der Waals surface area contributed by atoms with Gasteiger partial charge in [0.25, 0.3) is 0 Å². The largest absolute Gasteiger partial charge is 0.391 e. The van der Waals surface area contributed by atoms with Crippen LogP contribution in [-0.2, 0) is 9.59 Å². The number of aliphatic hydroxyl groups is 1. The van der Waals surface area contributed by atoms with Gasteiger partial charge in [-0.05, 0) is 25.5 Å². The molecule has 2 amide bonds. The molecule has 0 saturated heterocycles. The maximum absolute atomic E-state index is 11.6. The molecule has 0 heterocycles. The fourth-order valence-electron chi connectivity index (χ4n) is 1.55. The van der Waals surface area contributed by atoms with Crippen molar-refractivity contribution in [3.05, 3.63) is 29.8 Å². The van der Waals surface area contributed by atoms with Crippen LogP contribution in [0.25, 0.3) is 0 Å². The van der Waals surface area contributed by atoms with Gasteiger partial charge in [-0.3, -0.25) is 9.59 Å². The molecule has 0 aliphatic heterocycles. The van der Waals surface area contributed by atoms with Crippen LogP contribution in [0.5, 0.6) is 0 Å². The zero-order valence-electron chi connectivity index (χ0n) is 11.3. The standard InChI is InChI=1S/C14H20N2O3/c1-3-4-12(17)9-15-13(18)14(19)16-11-7-5-10(2)6-8-11/h5-8,12,17H,3-4,9H2,1-2H3,(H,15,18)(H,16,19). The molecular weight excluding hydrogens is 244 g/mol. The Kier molecular flexibility index (Phi) is 6.02. The number of amides is 2. The molecule has 0 aliphatic rings. The van der Waals surface area contributed by atoms with Gasteiger partial charge in [-0.25, -0.2) is 0 Å². The second kappa shape index (κ2) is 7.53. The van der Waals surface area contributed by atoms with Crippen LogP contribution in [-0.4, -0.2) is 29.6 Å². The molecule has 1 aromatic rings. The highest BCUT2D eigenvalue weighted by Crippen LogP contribution is 2.08. The minimum absolute atomic E-state index is 0.0913. The fourth-order valence-corrected chi connectivity index (χ4v) is 1.55. The number of aliphatic hydroxyl groups excluding tert-OH is 1. The van der Waals surface area contributed by atoms with Gasteiger partial charge in [0, 0.05) is 12.2 Å². The number of benzene rings is 1. The van der Waals surface area contributed by atoms with Crippen molar-refractivity contribution in [1.82, 2.24) is 5.32 Å². The van der Waals surface area contributed by atoms with E-state index in [1.807, 2.05) is 26.0 Å². The van der Waals surface area contributed by atoms with Gasteiger partial charge in [-0.15, -0.1) is 0 Å². The van der Waals surface area contributed by atoms with Gasteiger partial charge >= 0.3 is 11.8 Å². The highest BCUT2D eigenvalue weighted by atomic mass is 16.3. The molecule has 0 aromatic heterocycles. The summed E-state index contributed by atoms with van der Waals surface area (Å²) in [5, 5.41) is 14.3. The fraction of sp³-hybridized carbons (Fsp3) is 0.429. The Hall–Kier alpha value is -1.88. The van der Waals surface area contributed by atoms with Gasteiger partial charge in [0.2, 0.25) is 0 Å². The SMILES string of the molecule is CCCC(O)CNC(=O)C(=O)Nc1ccc(C)cc1. The van der Waals surface area contributed by atoms with Crippen molar-refractivity contribution in [2.24, 2.45) is 0 Å². The predicted octanol–water partition coefficient (Wildman–Crippen LogP) is 1.21. The summed E-state index contributed by atoms with van der Waals surface area (Å²) in [5.41, 5.74) is 1.64. The summed E-state index contributed by atoms with van der Waals surface area (Å²) in [6, 6.07) is 7.15. The minimum Gasteiger partial charge on any atom is -0.391 e. The maximum atomic E-state index is 11.6. The van der Waals surface area contributed by atoms with Gasteiger partial charge in [-0.2, -0.15) is 0 Å². The molecule has 0 aliphatic carbocycles. The Morgan fingerprint density at radius 1 is 1.21 bits per heavy atom. The summed E-state index contributed by atoms with van der Waals surface area (Å²) in [4.78, 5) is 23.1. The first-order valence-electron chi connectivity index (χ1n) is 6.36. The van der Waals surface area contributed by atoms with Gasteiger partial charge in [0.15, 0.2) is 0 Å². The van der Waals surface area contributed by atoms with E-state index in [-0.39, 0.29) is 6.54 Å². The second-order valence-electron chi connectivity index (χ2n) is 4.47. The van der Waals surface area contributed by atoms with E-state index >= 15 is 0 Å². The first kappa shape index (κ1) is 15.2. The van der Waals surface area contributed by atoms with E-state index in [0.717, 1.165) is 12.0 Å². The molecule has 0 spiro atoms. The van der Waals surface area contributed by atoms with Crippen LogP contribution < -0.4 is 10.6 Å². The lowest BCUT2D eigenvalue weighted by atomic mass is 10.2. The molecule has 1 aromatic carbocycles. The normalized spacial score (nSPS) is 11.7. The van der Waals surface area contributed by atoms with Crippen molar-refractivity contribution in [3.63, 3.8) is 0 Å². The third kappa shape index (κ3) is 5.52. The van der Waals surface area contributed by atoms with E-state index in [0.29, 0.717) is 12.1 Å². The maximum Gasteiger partial charge on any atom is 0.313 e. The van der Waals surface area contributed by atoms with Crippen LogP contribution >= 0.6 is 0 Å². The average molecular weight is 264 g/mol. The highest BCUT2D eigenvalue weighted by Gasteiger charge is 2.14. The average Bonchev–Trinajstić information content (AvgIpc) is 2.39.